The van der Waals surface area contributed by atoms with E-state index in [0.717, 1.165) is 18.4 Å². The van der Waals surface area contributed by atoms with Gasteiger partial charge in [0, 0.05) is 17.1 Å². The molecular weight excluding hydrogens is 258 g/mol. The summed E-state index contributed by atoms with van der Waals surface area (Å²) in [6, 6.07) is 5.45. The van der Waals surface area contributed by atoms with E-state index >= 15 is 0 Å². The smallest absolute Gasteiger partial charge is 0.272 e. The Bertz CT molecular complexity index is 674. The van der Waals surface area contributed by atoms with Crippen molar-refractivity contribution in [2.24, 2.45) is 0 Å². The Morgan fingerprint density at radius 2 is 2.20 bits per heavy atom. The van der Waals surface area contributed by atoms with Crippen molar-refractivity contribution in [2.75, 3.05) is 12.3 Å². The molecule has 1 saturated carbocycles. The number of carbonyl (C=O) groups is 2. The number of rotatable bonds is 4. The van der Waals surface area contributed by atoms with Crippen molar-refractivity contribution < 1.29 is 9.59 Å². The first kappa shape index (κ1) is 12.5. The van der Waals surface area contributed by atoms with Crippen LogP contribution in [-0.4, -0.2) is 34.6 Å². The minimum absolute atomic E-state index is 0.0496. The van der Waals surface area contributed by atoms with E-state index in [9.17, 15) is 9.59 Å². The third-order valence-electron chi connectivity index (χ3n) is 3.15. The zero-order chi connectivity index (χ0) is 14.1. The molecule has 7 heteroatoms. The lowest BCUT2D eigenvalue weighted by Gasteiger charge is -2.04. The Hall–Kier alpha value is -2.57. The van der Waals surface area contributed by atoms with E-state index < -0.39 is 5.91 Å². The molecule has 1 aromatic heterocycles. The van der Waals surface area contributed by atoms with E-state index in [1.807, 2.05) is 0 Å². The topological polar surface area (TPSA) is 113 Å². The van der Waals surface area contributed by atoms with Crippen LogP contribution in [0.5, 0.6) is 0 Å². The van der Waals surface area contributed by atoms with Gasteiger partial charge in [0.25, 0.3) is 5.91 Å². The predicted octanol–water partition coefficient (Wildman–Crippen LogP) is 0.154. The van der Waals surface area contributed by atoms with Gasteiger partial charge in [-0.3, -0.25) is 14.7 Å². The zero-order valence-corrected chi connectivity index (χ0v) is 10.8. The third-order valence-corrected chi connectivity index (χ3v) is 3.15. The molecule has 1 aliphatic rings. The maximum absolute atomic E-state index is 12.0. The molecule has 0 aliphatic heterocycles. The highest BCUT2D eigenvalue weighted by Crippen LogP contribution is 2.19. The van der Waals surface area contributed by atoms with Gasteiger partial charge >= 0.3 is 0 Å². The lowest BCUT2D eigenvalue weighted by atomic mass is 10.2. The van der Waals surface area contributed by atoms with Gasteiger partial charge in [0.05, 0.1) is 12.1 Å². The largest absolute Gasteiger partial charge is 0.399 e. The molecule has 0 unspecified atom stereocenters. The number of amides is 2. The van der Waals surface area contributed by atoms with E-state index in [4.69, 9.17) is 5.73 Å². The van der Waals surface area contributed by atoms with Crippen LogP contribution < -0.4 is 16.4 Å². The number of carbonyl (C=O) groups excluding carboxylic acids is 2. The SMILES string of the molecule is Nc1ccc2[nH]nc(C(=O)NCC(=O)NC3CC3)c2c1. The Labute approximate surface area is 114 Å². The number of H-pyrrole nitrogens is 1. The van der Waals surface area contributed by atoms with Crippen molar-refractivity contribution in [3.63, 3.8) is 0 Å². The second kappa shape index (κ2) is 4.84. The quantitative estimate of drug-likeness (QED) is 0.594. The number of benzene rings is 1. The molecule has 0 saturated heterocycles. The van der Waals surface area contributed by atoms with Crippen molar-refractivity contribution in [3.8, 4) is 0 Å². The summed E-state index contributed by atoms with van der Waals surface area (Å²) in [5, 5.41) is 12.7. The Morgan fingerprint density at radius 1 is 1.40 bits per heavy atom. The van der Waals surface area contributed by atoms with Crippen molar-refractivity contribution in [1.82, 2.24) is 20.8 Å². The van der Waals surface area contributed by atoms with Crippen LogP contribution in [0.1, 0.15) is 23.3 Å². The normalized spacial score (nSPS) is 14.2. The van der Waals surface area contributed by atoms with E-state index in [1.54, 1.807) is 18.2 Å². The van der Waals surface area contributed by atoms with E-state index in [-0.39, 0.29) is 24.2 Å². The molecular formula is C13H15N5O2. The summed E-state index contributed by atoms with van der Waals surface area (Å²) in [6.07, 6.45) is 2.03. The van der Waals surface area contributed by atoms with Crippen molar-refractivity contribution in [3.05, 3.63) is 23.9 Å². The first-order valence-corrected chi connectivity index (χ1v) is 6.44. The van der Waals surface area contributed by atoms with Gasteiger partial charge in [-0.05, 0) is 31.0 Å². The van der Waals surface area contributed by atoms with Crippen LogP contribution in [0.15, 0.2) is 18.2 Å². The number of fused-ring (bicyclic) bond motifs is 1. The number of nitrogens with two attached hydrogens (primary N) is 1. The minimum Gasteiger partial charge on any atom is -0.399 e. The molecule has 7 nitrogen and oxygen atoms in total. The highest BCUT2D eigenvalue weighted by molar-refractivity contribution is 6.06. The number of anilines is 1. The van der Waals surface area contributed by atoms with Gasteiger partial charge in [0.1, 0.15) is 0 Å². The fraction of sp³-hybridized carbons (Fsp3) is 0.308. The molecule has 0 bridgehead atoms. The molecule has 1 aromatic carbocycles. The average molecular weight is 273 g/mol. The fourth-order valence-corrected chi connectivity index (χ4v) is 1.96. The minimum atomic E-state index is -0.396. The number of nitrogens with zero attached hydrogens (tertiary/aromatic N) is 1. The van der Waals surface area contributed by atoms with Gasteiger partial charge in [0.2, 0.25) is 5.91 Å². The van der Waals surface area contributed by atoms with Crippen LogP contribution >= 0.6 is 0 Å². The Balaban J connectivity index is 1.68. The number of nitrogens with one attached hydrogen (secondary N) is 3. The summed E-state index contributed by atoms with van der Waals surface area (Å²) in [6.45, 7) is -0.0496. The summed E-state index contributed by atoms with van der Waals surface area (Å²) in [4.78, 5) is 23.5. The Kier molecular flexibility index (Phi) is 3.02. The highest BCUT2D eigenvalue weighted by Gasteiger charge is 2.23. The number of nitrogen functional groups attached to an aromatic ring is 1. The molecule has 1 fully saturated rings. The van der Waals surface area contributed by atoms with Gasteiger partial charge in [-0.2, -0.15) is 5.10 Å². The number of aromatic amines is 1. The van der Waals surface area contributed by atoms with Crippen LogP contribution in [0.3, 0.4) is 0 Å². The van der Waals surface area contributed by atoms with Gasteiger partial charge in [-0.15, -0.1) is 0 Å². The third kappa shape index (κ3) is 2.56. The van der Waals surface area contributed by atoms with Gasteiger partial charge in [-0.1, -0.05) is 0 Å². The molecule has 20 heavy (non-hydrogen) atoms. The lowest BCUT2D eigenvalue weighted by molar-refractivity contribution is -0.120. The van der Waals surface area contributed by atoms with Gasteiger partial charge < -0.3 is 16.4 Å². The summed E-state index contributed by atoms with van der Waals surface area (Å²) in [7, 11) is 0. The fourth-order valence-electron chi connectivity index (χ4n) is 1.96. The standard InChI is InChI=1S/C13H15N5O2/c14-7-1-4-10-9(5-7)12(18-17-10)13(20)15-6-11(19)16-8-2-3-8/h1,4-5,8H,2-3,6,14H2,(H,15,20)(H,16,19)(H,17,18). The average Bonchev–Trinajstić information content (AvgIpc) is 3.13. The van der Waals surface area contributed by atoms with Crippen LogP contribution in [0.2, 0.25) is 0 Å². The van der Waals surface area contributed by atoms with Gasteiger partial charge in [-0.25, -0.2) is 0 Å². The lowest BCUT2D eigenvalue weighted by Crippen LogP contribution is -2.38. The van der Waals surface area contributed by atoms with Gasteiger partial charge in [0.15, 0.2) is 5.69 Å². The number of hydrogen-bond donors (Lipinski definition) is 4. The maximum atomic E-state index is 12.0. The summed E-state index contributed by atoms with van der Waals surface area (Å²) in [5.41, 5.74) is 7.22. The molecule has 0 spiro atoms. The molecule has 0 atom stereocenters. The molecule has 104 valence electrons. The summed E-state index contributed by atoms with van der Waals surface area (Å²) in [5.74, 6) is -0.576. The first-order chi connectivity index (χ1) is 9.63. The molecule has 3 rings (SSSR count). The molecule has 1 aliphatic carbocycles. The van der Waals surface area contributed by atoms with Crippen molar-refractivity contribution in [1.29, 1.82) is 0 Å². The second-order valence-corrected chi connectivity index (χ2v) is 4.90. The Morgan fingerprint density at radius 3 is 2.95 bits per heavy atom. The monoisotopic (exact) mass is 273 g/mol. The first-order valence-electron chi connectivity index (χ1n) is 6.44. The van der Waals surface area contributed by atoms with Crippen LogP contribution in [-0.2, 0) is 4.79 Å². The van der Waals surface area contributed by atoms with Crippen LogP contribution in [0.25, 0.3) is 10.9 Å². The summed E-state index contributed by atoms with van der Waals surface area (Å²) < 4.78 is 0. The molecule has 0 radical (unpaired) electrons. The van der Waals surface area contributed by atoms with Crippen LogP contribution in [0.4, 0.5) is 5.69 Å². The number of hydrogen-bond acceptors (Lipinski definition) is 4. The number of aromatic nitrogens is 2. The zero-order valence-electron chi connectivity index (χ0n) is 10.8. The summed E-state index contributed by atoms with van der Waals surface area (Å²) >= 11 is 0. The second-order valence-electron chi connectivity index (χ2n) is 4.90. The van der Waals surface area contributed by atoms with E-state index in [2.05, 4.69) is 20.8 Å². The molecule has 2 amide bonds. The van der Waals surface area contributed by atoms with E-state index in [1.165, 1.54) is 0 Å². The molecule has 5 N–H and O–H groups in total. The molecule has 2 aromatic rings. The van der Waals surface area contributed by atoms with E-state index in [0.29, 0.717) is 11.1 Å². The van der Waals surface area contributed by atoms with Crippen molar-refractivity contribution >= 4 is 28.4 Å². The highest BCUT2D eigenvalue weighted by atomic mass is 16.2. The molecule has 1 heterocycles. The predicted molar refractivity (Wildman–Crippen MR) is 74.0 cm³/mol. The van der Waals surface area contributed by atoms with Crippen LogP contribution in [0, 0.1) is 0 Å². The maximum Gasteiger partial charge on any atom is 0.272 e. The van der Waals surface area contributed by atoms with Crippen molar-refractivity contribution in [2.45, 2.75) is 18.9 Å².